The van der Waals surface area contributed by atoms with Crippen molar-refractivity contribution in [1.82, 2.24) is 0 Å². The lowest BCUT2D eigenvalue weighted by atomic mass is 10.1. The van der Waals surface area contributed by atoms with E-state index >= 15 is 0 Å². The number of unbranched alkanes of at least 4 members (excludes halogenated alkanes) is 6. The first-order valence-electron chi connectivity index (χ1n) is 6.52. The maximum Gasteiger partial charge on any atom is 0.325 e. The van der Waals surface area contributed by atoms with Crippen LogP contribution in [0.2, 0.25) is 0 Å². The van der Waals surface area contributed by atoms with Gasteiger partial charge < -0.3 is 9.79 Å². The molecule has 0 fully saturated rings. The fourth-order valence-corrected chi connectivity index (χ4v) is 1.73. The first-order chi connectivity index (χ1) is 7.47. The lowest BCUT2D eigenvalue weighted by molar-refractivity contribution is 0.370. The second kappa shape index (κ2) is 13.2. The van der Waals surface area contributed by atoms with Crippen LogP contribution in [-0.2, 0) is 4.57 Å². The average Bonchev–Trinajstić information content (AvgIpc) is 2.22. The zero-order valence-electron chi connectivity index (χ0n) is 11.1. The zero-order chi connectivity index (χ0) is 12.9. The van der Waals surface area contributed by atoms with Crippen molar-refractivity contribution in [3.8, 4) is 0 Å². The summed E-state index contributed by atoms with van der Waals surface area (Å²) in [6.45, 7) is 6.51. The molecule has 0 rings (SSSR count). The highest BCUT2D eigenvalue weighted by Gasteiger charge is 2.10. The molecule has 0 aliphatic rings. The summed E-state index contributed by atoms with van der Waals surface area (Å²) in [5.41, 5.74) is 0. The van der Waals surface area contributed by atoms with Crippen LogP contribution in [0.5, 0.6) is 0 Å². The third-order valence-corrected chi connectivity index (χ3v) is 3.20. The molecule has 0 amide bonds. The van der Waals surface area contributed by atoms with E-state index in [4.69, 9.17) is 9.79 Å². The minimum absolute atomic E-state index is 0.0547. The molecule has 3 nitrogen and oxygen atoms in total. The number of rotatable bonds is 8. The van der Waals surface area contributed by atoms with E-state index in [2.05, 4.69) is 20.8 Å². The van der Waals surface area contributed by atoms with E-state index in [1.165, 1.54) is 32.1 Å². The molecular formula is C12H29O3P. The average molecular weight is 252 g/mol. The van der Waals surface area contributed by atoms with E-state index in [0.29, 0.717) is 6.42 Å². The minimum Gasteiger partial charge on any atom is -0.324 e. The fourth-order valence-electron chi connectivity index (χ4n) is 1.10. The summed E-state index contributed by atoms with van der Waals surface area (Å²) in [4.78, 5) is 17.1. The Labute approximate surface area is 101 Å². The first kappa shape index (κ1) is 18.5. The van der Waals surface area contributed by atoms with Crippen LogP contribution in [0.15, 0.2) is 0 Å². The van der Waals surface area contributed by atoms with Crippen LogP contribution in [0.4, 0.5) is 0 Å². The molecule has 0 spiro atoms. The Morgan fingerprint density at radius 3 is 1.56 bits per heavy atom. The summed E-state index contributed by atoms with van der Waals surface area (Å²) in [7, 11) is -3.72. The highest BCUT2D eigenvalue weighted by atomic mass is 31.2. The Hall–Kier alpha value is 0.150. The molecule has 0 atom stereocenters. The molecule has 0 saturated carbocycles. The van der Waals surface area contributed by atoms with Crippen molar-refractivity contribution >= 4 is 7.60 Å². The standard InChI is InChI=1S/C8H19O3P.C4H10/c1-2-3-4-5-6-7-8-12(9,10)11;1-3-4-2/h2-8H2,1H3,(H2,9,10,11);3-4H2,1-2H3. The molecule has 0 radical (unpaired) electrons. The third-order valence-electron chi connectivity index (χ3n) is 2.30. The van der Waals surface area contributed by atoms with Gasteiger partial charge in [-0.25, -0.2) is 0 Å². The largest absolute Gasteiger partial charge is 0.325 e. The molecule has 100 valence electrons. The van der Waals surface area contributed by atoms with Crippen molar-refractivity contribution in [1.29, 1.82) is 0 Å². The molecule has 0 saturated heterocycles. The first-order valence-corrected chi connectivity index (χ1v) is 8.32. The molecule has 4 heteroatoms. The summed E-state index contributed by atoms with van der Waals surface area (Å²) >= 11 is 0. The van der Waals surface area contributed by atoms with Gasteiger partial charge in [0.1, 0.15) is 0 Å². The number of hydrogen-bond acceptors (Lipinski definition) is 1. The fraction of sp³-hybridized carbons (Fsp3) is 1.00. The van der Waals surface area contributed by atoms with Crippen molar-refractivity contribution in [2.45, 2.75) is 72.1 Å². The Balaban J connectivity index is 0. The Bertz CT molecular complexity index is 164. The predicted octanol–water partition coefficient (Wildman–Crippen LogP) is 4.33. The Morgan fingerprint density at radius 1 is 0.750 bits per heavy atom. The smallest absolute Gasteiger partial charge is 0.324 e. The molecule has 2 N–H and O–H groups in total. The lowest BCUT2D eigenvalue weighted by Crippen LogP contribution is -1.88. The van der Waals surface area contributed by atoms with Gasteiger partial charge in [-0.3, -0.25) is 4.57 Å². The van der Waals surface area contributed by atoms with Gasteiger partial charge in [-0.1, -0.05) is 65.7 Å². The summed E-state index contributed by atoms with van der Waals surface area (Å²) in [6.07, 6.45) is 9.04. The second-order valence-corrected chi connectivity index (χ2v) is 5.93. The summed E-state index contributed by atoms with van der Waals surface area (Å²) < 4.78 is 10.4. The van der Waals surface area contributed by atoms with Gasteiger partial charge in [-0.15, -0.1) is 0 Å². The Morgan fingerprint density at radius 2 is 1.19 bits per heavy atom. The van der Waals surface area contributed by atoms with Crippen LogP contribution in [0.25, 0.3) is 0 Å². The molecule has 0 aromatic rings. The molecule has 0 aliphatic heterocycles. The second-order valence-electron chi connectivity index (χ2n) is 4.16. The highest BCUT2D eigenvalue weighted by Crippen LogP contribution is 2.35. The SMILES string of the molecule is CCCC.CCCCCCCCP(=O)(O)O. The molecule has 0 bridgehead atoms. The molecular weight excluding hydrogens is 223 g/mol. The van der Waals surface area contributed by atoms with E-state index in [0.717, 1.165) is 12.8 Å². The van der Waals surface area contributed by atoms with Gasteiger partial charge in [0.15, 0.2) is 0 Å². The summed E-state index contributed by atoms with van der Waals surface area (Å²) in [5.74, 6) is 0. The maximum atomic E-state index is 10.4. The van der Waals surface area contributed by atoms with Crippen LogP contribution in [0, 0.1) is 0 Å². The van der Waals surface area contributed by atoms with Crippen LogP contribution in [0.1, 0.15) is 72.1 Å². The van der Waals surface area contributed by atoms with E-state index in [-0.39, 0.29) is 6.16 Å². The quantitative estimate of drug-likeness (QED) is 0.499. The number of hydrogen-bond donors (Lipinski definition) is 2. The normalized spacial score (nSPS) is 10.8. The van der Waals surface area contributed by atoms with Gasteiger partial charge in [0.25, 0.3) is 0 Å². The van der Waals surface area contributed by atoms with E-state index in [9.17, 15) is 4.57 Å². The van der Waals surface area contributed by atoms with Gasteiger partial charge in [0.2, 0.25) is 0 Å². The molecule has 0 aliphatic carbocycles. The van der Waals surface area contributed by atoms with Crippen LogP contribution in [-0.4, -0.2) is 15.9 Å². The van der Waals surface area contributed by atoms with Gasteiger partial charge in [-0.05, 0) is 6.42 Å². The topological polar surface area (TPSA) is 57.5 Å². The van der Waals surface area contributed by atoms with Crippen molar-refractivity contribution < 1.29 is 14.4 Å². The maximum absolute atomic E-state index is 10.4. The van der Waals surface area contributed by atoms with Crippen LogP contribution in [0.3, 0.4) is 0 Å². The van der Waals surface area contributed by atoms with Crippen molar-refractivity contribution in [2.75, 3.05) is 6.16 Å². The highest BCUT2D eigenvalue weighted by molar-refractivity contribution is 7.51. The lowest BCUT2D eigenvalue weighted by Gasteiger charge is -2.02. The molecule has 0 aromatic carbocycles. The zero-order valence-corrected chi connectivity index (χ0v) is 12.0. The predicted molar refractivity (Wildman–Crippen MR) is 70.9 cm³/mol. The summed E-state index contributed by atoms with van der Waals surface area (Å²) in [6, 6.07) is 0. The third kappa shape index (κ3) is 23.8. The van der Waals surface area contributed by atoms with E-state index < -0.39 is 7.60 Å². The Kier molecular flexibility index (Phi) is 15.3. The molecule has 0 aromatic heterocycles. The van der Waals surface area contributed by atoms with Crippen LogP contribution < -0.4 is 0 Å². The molecule has 0 unspecified atom stereocenters. The van der Waals surface area contributed by atoms with Crippen molar-refractivity contribution in [2.24, 2.45) is 0 Å². The van der Waals surface area contributed by atoms with Gasteiger partial charge >= 0.3 is 7.60 Å². The van der Waals surface area contributed by atoms with Gasteiger partial charge in [-0.2, -0.15) is 0 Å². The molecule has 0 heterocycles. The van der Waals surface area contributed by atoms with Crippen molar-refractivity contribution in [3.05, 3.63) is 0 Å². The monoisotopic (exact) mass is 252 g/mol. The van der Waals surface area contributed by atoms with E-state index in [1.54, 1.807) is 0 Å². The van der Waals surface area contributed by atoms with Gasteiger partial charge in [0.05, 0.1) is 0 Å². The summed E-state index contributed by atoms with van der Waals surface area (Å²) in [5, 5.41) is 0. The van der Waals surface area contributed by atoms with Gasteiger partial charge in [0, 0.05) is 6.16 Å². The van der Waals surface area contributed by atoms with Crippen LogP contribution >= 0.6 is 7.60 Å². The van der Waals surface area contributed by atoms with E-state index in [1.807, 2.05) is 0 Å². The minimum atomic E-state index is -3.72. The molecule has 16 heavy (non-hydrogen) atoms. The van der Waals surface area contributed by atoms with Crippen molar-refractivity contribution in [3.63, 3.8) is 0 Å².